The largest absolute Gasteiger partial charge is 0.484 e. The third-order valence-electron chi connectivity index (χ3n) is 2.21. The lowest BCUT2D eigenvalue weighted by molar-refractivity contribution is -0.123. The van der Waals surface area contributed by atoms with E-state index in [0.717, 1.165) is 15.7 Å². The number of carbonyl (C=O) groups excluding carboxylic acids is 1. The van der Waals surface area contributed by atoms with Gasteiger partial charge in [-0.3, -0.25) is 4.79 Å². The van der Waals surface area contributed by atoms with Gasteiger partial charge in [0.2, 0.25) is 0 Å². The van der Waals surface area contributed by atoms with Gasteiger partial charge in [0.1, 0.15) is 5.75 Å². The molecule has 0 aromatic heterocycles. The molecule has 3 nitrogen and oxygen atoms in total. The van der Waals surface area contributed by atoms with Crippen LogP contribution in [-0.4, -0.2) is 19.1 Å². The lowest BCUT2D eigenvalue weighted by Gasteiger charge is -2.08. The first kappa shape index (κ1) is 14.3. The standard InChI is InChI=1S/C13H18INO2/c1-10(2)6-7-15-13(16)9-17-12-5-3-4-11(14)8-12/h3-5,8,10H,6-7,9H2,1-2H3,(H,15,16). The number of rotatable bonds is 6. The molecule has 4 heteroatoms. The van der Waals surface area contributed by atoms with E-state index < -0.39 is 0 Å². The van der Waals surface area contributed by atoms with Gasteiger partial charge in [-0.1, -0.05) is 19.9 Å². The minimum Gasteiger partial charge on any atom is -0.484 e. The molecule has 0 aliphatic carbocycles. The van der Waals surface area contributed by atoms with Gasteiger partial charge in [0.25, 0.3) is 5.91 Å². The van der Waals surface area contributed by atoms with Gasteiger partial charge in [-0.05, 0) is 53.1 Å². The maximum Gasteiger partial charge on any atom is 0.257 e. The molecule has 94 valence electrons. The molecule has 0 unspecified atom stereocenters. The van der Waals surface area contributed by atoms with E-state index in [-0.39, 0.29) is 12.5 Å². The van der Waals surface area contributed by atoms with Gasteiger partial charge in [0.05, 0.1) is 0 Å². The van der Waals surface area contributed by atoms with Crippen molar-refractivity contribution >= 4 is 28.5 Å². The van der Waals surface area contributed by atoms with Crippen molar-refractivity contribution in [3.63, 3.8) is 0 Å². The molecule has 1 aromatic carbocycles. The van der Waals surface area contributed by atoms with Crippen LogP contribution >= 0.6 is 22.6 Å². The number of carbonyl (C=O) groups is 1. The highest BCUT2D eigenvalue weighted by Gasteiger charge is 2.03. The molecule has 1 rings (SSSR count). The van der Waals surface area contributed by atoms with E-state index in [1.165, 1.54) is 0 Å². The Morgan fingerprint density at radius 1 is 1.47 bits per heavy atom. The zero-order valence-electron chi connectivity index (χ0n) is 10.2. The Bertz CT molecular complexity index is 366. The Kier molecular flexibility index (Phi) is 6.32. The Hall–Kier alpha value is -0.780. The molecule has 0 atom stereocenters. The molecule has 1 N–H and O–H groups in total. The first-order valence-electron chi connectivity index (χ1n) is 5.73. The van der Waals surface area contributed by atoms with Crippen LogP contribution in [0.4, 0.5) is 0 Å². The first-order valence-corrected chi connectivity index (χ1v) is 6.81. The lowest BCUT2D eigenvalue weighted by Crippen LogP contribution is -2.30. The number of benzene rings is 1. The van der Waals surface area contributed by atoms with Gasteiger partial charge < -0.3 is 10.1 Å². The van der Waals surface area contributed by atoms with Crippen LogP contribution < -0.4 is 10.1 Å². The quantitative estimate of drug-likeness (QED) is 0.804. The molecular formula is C13H18INO2. The first-order chi connectivity index (χ1) is 8.08. The fraction of sp³-hybridized carbons (Fsp3) is 0.462. The topological polar surface area (TPSA) is 38.3 Å². The molecule has 1 amide bonds. The molecule has 0 spiro atoms. The van der Waals surface area contributed by atoms with Gasteiger partial charge in [0.15, 0.2) is 6.61 Å². The molecular weight excluding hydrogens is 329 g/mol. The lowest BCUT2D eigenvalue weighted by atomic mass is 10.1. The molecule has 17 heavy (non-hydrogen) atoms. The van der Waals surface area contributed by atoms with Crippen LogP contribution in [0.3, 0.4) is 0 Å². The summed E-state index contributed by atoms with van der Waals surface area (Å²) < 4.78 is 6.49. The van der Waals surface area contributed by atoms with Gasteiger partial charge in [-0.15, -0.1) is 0 Å². The van der Waals surface area contributed by atoms with Crippen molar-refractivity contribution in [2.24, 2.45) is 5.92 Å². The molecule has 0 saturated carbocycles. The van der Waals surface area contributed by atoms with Crippen molar-refractivity contribution in [2.75, 3.05) is 13.2 Å². The van der Waals surface area contributed by atoms with Crippen LogP contribution in [0.2, 0.25) is 0 Å². The van der Waals surface area contributed by atoms with Crippen LogP contribution in [0.1, 0.15) is 20.3 Å². The average Bonchev–Trinajstić information content (AvgIpc) is 2.26. The zero-order valence-corrected chi connectivity index (χ0v) is 12.4. The predicted octanol–water partition coefficient (Wildman–Crippen LogP) is 2.83. The molecule has 0 aliphatic heterocycles. The van der Waals surface area contributed by atoms with Crippen molar-refractivity contribution in [2.45, 2.75) is 20.3 Å². The Labute approximate surface area is 116 Å². The summed E-state index contributed by atoms with van der Waals surface area (Å²) in [5.74, 6) is 1.27. The van der Waals surface area contributed by atoms with Crippen molar-refractivity contribution in [1.29, 1.82) is 0 Å². The van der Waals surface area contributed by atoms with Crippen LogP contribution in [-0.2, 0) is 4.79 Å². The fourth-order valence-electron chi connectivity index (χ4n) is 1.26. The fourth-order valence-corrected chi connectivity index (χ4v) is 1.77. The molecule has 0 heterocycles. The summed E-state index contributed by atoms with van der Waals surface area (Å²) in [4.78, 5) is 11.4. The highest BCUT2D eigenvalue weighted by Crippen LogP contribution is 2.14. The summed E-state index contributed by atoms with van der Waals surface area (Å²) >= 11 is 2.21. The van der Waals surface area contributed by atoms with Gasteiger partial charge in [-0.2, -0.15) is 0 Å². The molecule has 0 fully saturated rings. The van der Waals surface area contributed by atoms with Crippen molar-refractivity contribution in [3.8, 4) is 5.75 Å². The van der Waals surface area contributed by atoms with Crippen molar-refractivity contribution < 1.29 is 9.53 Å². The second-order valence-corrected chi connectivity index (χ2v) is 5.52. The summed E-state index contributed by atoms with van der Waals surface area (Å²) in [7, 11) is 0. The molecule has 0 saturated heterocycles. The van der Waals surface area contributed by atoms with E-state index in [4.69, 9.17) is 4.74 Å². The Balaban J connectivity index is 2.24. The van der Waals surface area contributed by atoms with E-state index >= 15 is 0 Å². The van der Waals surface area contributed by atoms with Crippen molar-refractivity contribution in [3.05, 3.63) is 27.8 Å². The summed E-state index contributed by atoms with van der Waals surface area (Å²) in [6, 6.07) is 7.65. The summed E-state index contributed by atoms with van der Waals surface area (Å²) in [6.45, 7) is 5.06. The van der Waals surface area contributed by atoms with Gasteiger partial charge in [0, 0.05) is 10.1 Å². The number of hydrogen-bond donors (Lipinski definition) is 1. The summed E-state index contributed by atoms with van der Waals surface area (Å²) in [6.07, 6.45) is 0.995. The van der Waals surface area contributed by atoms with Crippen LogP contribution in [0.25, 0.3) is 0 Å². The van der Waals surface area contributed by atoms with E-state index in [2.05, 4.69) is 41.8 Å². The molecule has 0 bridgehead atoms. The average molecular weight is 347 g/mol. The van der Waals surface area contributed by atoms with Gasteiger partial charge in [-0.25, -0.2) is 0 Å². The Morgan fingerprint density at radius 3 is 2.88 bits per heavy atom. The van der Waals surface area contributed by atoms with Crippen molar-refractivity contribution in [1.82, 2.24) is 5.32 Å². The summed E-state index contributed by atoms with van der Waals surface area (Å²) in [5, 5.41) is 2.83. The minimum absolute atomic E-state index is 0.0653. The predicted molar refractivity (Wildman–Crippen MR) is 77.1 cm³/mol. The monoisotopic (exact) mass is 347 g/mol. The molecule has 1 aromatic rings. The van der Waals surface area contributed by atoms with Crippen LogP contribution in [0, 0.1) is 9.49 Å². The maximum absolute atomic E-state index is 11.4. The Morgan fingerprint density at radius 2 is 2.24 bits per heavy atom. The second-order valence-electron chi connectivity index (χ2n) is 4.28. The normalized spacial score (nSPS) is 10.4. The minimum atomic E-state index is -0.0653. The highest BCUT2D eigenvalue weighted by molar-refractivity contribution is 14.1. The SMILES string of the molecule is CC(C)CCNC(=O)COc1cccc(I)c1. The maximum atomic E-state index is 11.4. The zero-order chi connectivity index (χ0) is 12.7. The van der Waals surface area contributed by atoms with E-state index in [0.29, 0.717) is 12.5 Å². The second kappa shape index (κ2) is 7.53. The smallest absolute Gasteiger partial charge is 0.257 e. The van der Waals surface area contributed by atoms with E-state index in [1.807, 2.05) is 24.3 Å². The van der Waals surface area contributed by atoms with E-state index in [9.17, 15) is 4.79 Å². The summed E-state index contributed by atoms with van der Waals surface area (Å²) in [5.41, 5.74) is 0. The number of nitrogens with one attached hydrogen (secondary N) is 1. The molecule has 0 aliphatic rings. The van der Waals surface area contributed by atoms with Gasteiger partial charge >= 0.3 is 0 Å². The number of halogens is 1. The van der Waals surface area contributed by atoms with E-state index in [1.54, 1.807) is 0 Å². The number of amides is 1. The number of hydrogen-bond acceptors (Lipinski definition) is 2. The third kappa shape index (κ3) is 6.51. The highest BCUT2D eigenvalue weighted by atomic mass is 127. The van der Waals surface area contributed by atoms with Crippen LogP contribution in [0.15, 0.2) is 24.3 Å². The van der Waals surface area contributed by atoms with Crippen LogP contribution in [0.5, 0.6) is 5.75 Å². The number of ether oxygens (including phenoxy) is 1. The third-order valence-corrected chi connectivity index (χ3v) is 2.88. The molecule has 0 radical (unpaired) electrons.